The molecule has 1 aromatic carbocycles. The minimum absolute atomic E-state index is 0.0167. The quantitative estimate of drug-likeness (QED) is 0.534. The van der Waals surface area contributed by atoms with Gasteiger partial charge in [-0.15, -0.1) is 0 Å². The summed E-state index contributed by atoms with van der Waals surface area (Å²) < 4.78 is 38.0. The molecule has 1 heterocycles. The minimum Gasteiger partial charge on any atom is -0.391 e. The standard InChI is InChI=1S/C14H12ClF3N4O2S/c15-11-9(5-23)12(22-13(19)21-11)25-6-10(24)20-8-3-1-2-7(4-8)14(16,17)18/h1-4,23H,5-6H2,(H,20,24)(H2,19,21,22). The second kappa shape index (κ2) is 7.89. The lowest BCUT2D eigenvalue weighted by molar-refractivity contribution is -0.137. The molecule has 25 heavy (non-hydrogen) atoms. The van der Waals surface area contributed by atoms with Crippen LogP contribution < -0.4 is 11.1 Å². The second-order valence-corrected chi connectivity index (χ2v) is 6.05. The number of anilines is 2. The first kappa shape index (κ1) is 19.3. The zero-order chi connectivity index (χ0) is 18.6. The van der Waals surface area contributed by atoms with Crippen LogP contribution >= 0.6 is 23.4 Å². The molecule has 2 aromatic rings. The number of nitrogens with two attached hydrogens (primary N) is 1. The first-order chi connectivity index (χ1) is 11.7. The average molecular weight is 393 g/mol. The number of aliphatic hydroxyl groups is 1. The van der Waals surface area contributed by atoms with Crippen molar-refractivity contribution in [2.45, 2.75) is 17.8 Å². The Morgan fingerprint density at radius 3 is 2.72 bits per heavy atom. The van der Waals surface area contributed by atoms with Crippen molar-refractivity contribution in [3.63, 3.8) is 0 Å². The Morgan fingerprint density at radius 2 is 2.08 bits per heavy atom. The van der Waals surface area contributed by atoms with Crippen LogP contribution in [-0.2, 0) is 17.6 Å². The third-order valence-electron chi connectivity index (χ3n) is 2.91. The monoisotopic (exact) mass is 392 g/mol. The fourth-order valence-electron chi connectivity index (χ4n) is 1.81. The van der Waals surface area contributed by atoms with E-state index in [4.69, 9.17) is 17.3 Å². The molecule has 6 nitrogen and oxygen atoms in total. The first-order valence-electron chi connectivity index (χ1n) is 6.73. The molecule has 0 spiro atoms. The summed E-state index contributed by atoms with van der Waals surface area (Å²) in [5.41, 5.74) is 4.83. The Hall–Kier alpha value is -2.04. The van der Waals surface area contributed by atoms with E-state index < -0.39 is 24.3 Å². The maximum atomic E-state index is 12.7. The Kier molecular flexibility index (Phi) is 6.09. The lowest BCUT2D eigenvalue weighted by atomic mass is 10.2. The van der Waals surface area contributed by atoms with Gasteiger partial charge in [-0.2, -0.15) is 13.2 Å². The summed E-state index contributed by atoms with van der Waals surface area (Å²) in [6.45, 7) is -0.448. The van der Waals surface area contributed by atoms with Crippen LogP contribution in [0.3, 0.4) is 0 Å². The van der Waals surface area contributed by atoms with Crippen molar-refractivity contribution in [1.29, 1.82) is 0 Å². The lowest BCUT2D eigenvalue weighted by Gasteiger charge is -2.11. The maximum Gasteiger partial charge on any atom is 0.416 e. The Labute approximate surface area is 149 Å². The fourth-order valence-corrected chi connectivity index (χ4v) is 2.93. The summed E-state index contributed by atoms with van der Waals surface area (Å²) in [7, 11) is 0. The Bertz CT molecular complexity index is 789. The van der Waals surface area contributed by atoms with Crippen molar-refractivity contribution in [2.24, 2.45) is 0 Å². The number of hydrogen-bond donors (Lipinski definition) is 3. The van der Waals surface area contributed by atoms with E-state index in [0.717, 1.165) is 23.9 Å². The van der Waals surface area contributed by atoms with Gasteiger partial charge in [0.2, 0.25) is 11.9 Å². The molecule has 1 amide bonds. The van der Waals surface area contributed by atoms with Gasteiger partial charge in [0.05, 0.1) is 17.9 Å². The number of halogens is 4. The number of amides is 1. The number of aliphatic hydroxyl groups excluding tert-OH is 1. The highest BCUT2D eigenvalue weighted by Gasteiger charge is 2.30. The second-order valence-electron chi connectivity index (χ2n) is 4.73. The molecule has 134 valence electrons. The number of thioether (sulfide) groups is 1. The number of nitrogens with one attached hydrogen (secondary N) is 1. The van der Waals surface area contributed by atoms with Crippen LogP contribution in [0.5, 0.6) is 0 Å². The van der Waals surface area contributed by atoms with Crippen molar-refractivity contribution in [1.82, 2.24) is 9.97 Å². The Morgan fingerprint density at radius 1 is 1.36 bits per heavy atom. The number of aromatic nitrogens is 2. The van der Waals surface area contributed by atoms with E-state index in [0.29, 0.717) is 0 Å². The largest absolute Gasteiger partial charge is 0.416 e. The molecule has 2 rings (SSSR count). The molecule has 4 N–H and O–H groups in total. The highest BCUT2D eigenvalue weighted by molar-refractivity contribution is 8.00. The summed E-state index contributed by atoms with van der Waals surface area (Å²) in [5, 5.41) is 11.8. The van der Waals surface area contributed by atoms with Crippen molar-refractivity contribution in [3.05, 3.63) is 40.5 Å². The molecule has 0 aliphatic rings. The normalized spacial score (nSPS) is 11.4. The van der Waals surface area contributed by atoms with Crippen LogP contribution in [0.2, 0.25) is 5.15 Å². The number of rotatable bonds is 5. The summed E-state index contributed by atoms with van der Waals surface area (Å²) in [4.78, 5) is 19.5. The molecule has 0 aliphatic carbocycles. The molecule has 11 heteroatoms. The van der Waals surface area contributed by atoms with Gasteiger partial charge in [0.25, 0.3) is 0 Å². The van der Waals surface area contributed by atoms with Gasteiger partial charge < -0.3 is 16.2 Å². The van der Waals surface area contributed by atoms with E-state index in [2.05, 4.69) is 15.3 Å². The fraction of sp³-hybridized carbons (Fsp3) is 0.214. The molecule has 0 radical (unpaired) electrons. The number of nitrogen functional groups attached to an aromatic ring is 1. The van der Waals surface area contributed by atoms with Gasteiger partial charge in [-0.3, -0.25) is 4.79 Å². The lowest BCUT2D eigenvalue weighted by Crippen LogP contribution is -2.15. The smallest absolute Gasteiger partial charge is 0.391 e. The van der Waals surface area contributed by atoms with Gasteiger partial charge in [0, 0.05) is 11.3 Å². The van der Waals surface area contributed by atoms with E-state index in [1.165, 1.54) is 12.1 Å². The molecule has 0 atom stereocenters. The van der Waals surface area contributed by atoms with Gasteiger partial charge in [-0.05, 0) is 18.2 Å². The van der Waals surface area contributed by atoms with Gasteiger partial charge in [0.15, 0.2) is 0 Å². The number of alkyl halides is 3. The molecular weight excluding hydrogens is 381 g/mol. The van der Waals surface area contributed by atoms with Crippen LogP contribution in [0.25, 0.3) is 0 Å². The summed E-state index contributed by atoms with van der Waals surface area (Å²) in [6.07, 6.45) is -4.50. The molecule has 1 aromatic heterocycles. The number of carbonyl (C=O) groups excluding carboxylic acids is 1. The van der Waals surface area contributed by atoms with Crippen LogP contribution in [0, 0.1) is 0 Å². The van der Waals surface area contributed by atoms with E-state index in [1.54, 1.807) is 0 Å². The summed E-state index contributed by atoms with van der Waals surface area (Å²) >= 11 is 6.76. The van der Waals surface area contributed by atoms with Crippen LogP contribution in [0.1, 0.15) is 11.1 Å². The highest BCUT2D eigenvalue weighted by atomic mass is 35.5. The van der Waals surface area contributed by atoms with E-state index in [9.17, 15) is 23.1 Å². The zero-order valence-electron chi connectivity index (χ0n) is 12.5. The van der Waals surface area contributed by atoms with E-state index in [1.807, 2.05) is 0 Å². The van der Waals surface area contributed by atoms with Crippen LogP contribution in [-0.4, -0.2) is 26.7 Å². The van der Waals surface area contributed by atoms with Crippen molar-refractivity contribution in [3.8, 4) is 0 Å². The molecular formula is C14H12ClF3N4O2S. The van der Waals surface area contributed by atoms with Gasteiger partial charge >= 0.3 is 6.18 Å². The third kappa shape index (κ3) is 5.21. The number of nitrogens with zero attached hydrogens (tertiary/aromatic N) is 2. The third-order valence-corrected chi connectivity index (χ3v) is 4.24. The zero-order valence-corrected chi connectivity index (χ0v) is 14.0. The Balaban J connectivity index is 2.05. The van der Waals surface area contributed by atoms with Crippen molar-refractivity contribution < 1.29 is 23.1 Å². The number of benzene rings is 1. The molecule has 0 bridgehead atoms. The number of carbonyl (C=O) groups is 1. The minimum atomic E-state index is -4.50. The highest BCUT2D eigenvalue weighted by Crippen LogP contribution is 2.31. The summed E-state index contributed by atoms with van der Waals surface area (Å²) in [6, 6.07) is 4.28. The molecule has 0 saturated heterocycles. The predicted octanol–water partition coefficient (Wildman–Crippen LogP) is 2.95. The van der Waals surface area contributed by atoms with E-state index in [-0.39, 0.29) is 33.1 Å². The van der Waals surface area contributed by atoms with Gasteiger partial charge in [-0.25, -0.2) is 9.97 Å². The predicted molar refractivity (Wildman–Crippen MR) is 88.2 cm³/mol. The first-order valence-corrected chi connectivity index (χ1v) is 8.09. The van der Waals surface area contributed by atoms with Crippen LogP contribution in [0.15, 0.2) is 29.3 Å². The SMILES string of the molecule is Nc1nc(Cl)c(CO)c(SCC(=O)Nc2cccc(C(F)(F)F)c2)n1. The molecule has 0 unspecified atom stereocenters. The summed E-state index contributed by atoms with van der Waals surface area (Å²) in [5.74, 6) is -0.847. The molecule has 0 saturated carbocycles. The van der Waals surface area contributed by atoms with Crippen LogP contribution in [0.4, 0.5) is 24.8 Å². The molecule has 0 fully saturated rings. The average Bonchev–Trinajstić information content (AvgIpc) is 2.52. The maximum absolute atomic E-state index is 12.7. The van der Waals surface area contributed by atoms with Crippen molar-refractivity contribution >= 4 is 40.9 Å². The van der Waals surface area contributed by atoms with Gasteiger partial charge in [0.1, 0.15) is 10.2 Å². The number of hydrogen-bond acceptors (Lipinski definition) is 6. The van der Waals surface area contributed by atoms with Crippen molar-refractivity contribution in [2.75, 3.05) is 16.8 Å². The van der Waals surface area contributed by atoms with E-state index >= 15 is 0 Å². The van der Waals surface area contributed by atoms with Gasteiger partial charge in [-0.1, -0.05) is 29.4 Å². The molecule has 0 aliphatic heterocycles. The topological polar surface area (TPSA) is 101 Å².